The third-order valence-corrected chi connectivity index (χ3v) is 5.87. The van der Waals surface area contributed by atoms with Crippen molar-refractivity contribution < 1.29 is 18.4 Å². The Hall–Kier alpha value is -3.55. The minimum absolute atomic E-state index is 0.198. The Labute approximate surface area is 202 Å². The first-order chi connectivity index (χ1) is 16.0. The largest absolute Gasteiger partial charge is 0.496 e. The minimum Gasteiger partial charge on any atom is -0.496 e. The van der Waals surface area contributed by atoms with Gasteiger partial charge < -0.3 is 18.9 Å². The van der Waals surface area contributed by atoms with Crippen molar-refractivity contribution in [2.24, 2.45) is 0 Å². The maximum Gasteiger partial charge on any atom is 0.291 e. The van der Waals surface area contributed by atoms with Crippen molar-refractivity contribution in [2.45, 2.75) is 0 Å². The molecule has 5 rings (SSSR count). The Morgan fingerprint density at radius 3 is 2.52 bits per heavy atom. The fourth-order valence-corrected chi connectivity index (χ4v) is 4.02. The fourth-order valence-electron chi connectivity index (χ4n) is 3.35. The molecular weight excluding hydrogens is 508 g/mol. The van der Waals surface area contributed by atoms with Crippen LogP contribution in [0.3, 0.4) is 0 Å². The first-order valence-corrected chi connectivity index (χ1v) is 11.1. The number of nitrogens with zero attached hydrogens (tertiary/aromatic N) is 1. The van der Waals surface area contributed by atoms with E-state index in [-0.39, 0.29) is 11.7 Å². The molecule has 5 aromatic rings. The number of hydrogen-bond acceptors (Lipinski definition) is 5. The predicted molar refractivity (Wildman–Crippen MR) is 131 cm³/mol. The summed E-state index contributed by atoms with van der Waals surface area (Å²) in [6.45, 7) is 0. The van der Waals surface area contributed by atoms with E-state index in [9.17, 15) is 4.79 Å². The van der Waals surface area contributed by atoms with Gasteiger partial charge in [0.25, 0.3) is 5.91 Å². The van der Waals surface area contributed by atoms with E-state index >= 15 is 0 Å². The van der Waals surface area contributed by atoms with Crippen LogP contribution >= 0.6 is 27.5 Å². The number of aromatic nitrogens is 1. The van der Waals surface area contributed by atoms with Gasteiger partial charge in [0.1, 0.15) is 17.0 Å². The molecule has 0 unspecified atom stereocenters. The van der Waals surface area contributed by atoms with Gasteiger partial charge in [0.2, 0.25) is 5.89 Å². The van der Waals surface area contributed by atoms with Gasteiger partial charge in [0.15, 0.2) is 11.3 Å². The molecule has 0 saturated heterocycles. The number of benzene rings is 3. The van der Waals surface area contributed by atoms with Crippen molar-refractivity contribution in [1.82, 2.24) is 4.98 Å². The molecule has 0 aliphatic carbocycles. The van der Waals surface area contributed by atoms with E-state index in [0.29, 0.717) is 33.5 Å². The van der Waals surface area contributed by atoms with Gasteiger partial charge in [-0.05, 0) is 88.7 Å². The monoisotopic (exact) mass is 522 g/mol. The zero-order chi connectivity index (χ0) is 22.9. The van der Waals surface area contributed by atoms with Crippen LogP contribution in [-0.2, 0) is 0 Å². The van der Waals surface area contributed by atoms with Crippen molar-refractivity contribution in [2.75, 3.05) is 12.4 Å². The topological polar surface area (TPSA) is 77.5 Å². The summed E-state index contributed by atoms with van der Waals surface area (Å²) in [4.78, 5) is 17.2. The Morgan fingerprint density at radius 2 is 1.76 bits per heavy atom. The maximum atomic E-state index is 12.7. The zero-order valence-corrected chi connectivity index (χ0v) is 19.6. The number of nitrogens with one attached hydrogen (secondary N) is 1. The molecule has 0 aliphatic heterocycles. The molecule has 0 fully saturated rings. The first kappa shape index (κ1) is 21.3. The second kappa shape index (κ2) is 8.77. The standard InChI is InChI=1S/C25H16BrClN2O4/c1-31-21-8-4-15(12-18(21)26)25-29-19-13-17(7-9-22(19)33-25)28-24(30)23-11-10-20(32-23)14-2-5-16(27)6-3-14/h2-13H,1H3,(H,28,30). The van der Waals surface area contributed by atoms with Crippen LogP contribution in [0.5, 0.6) is 5.75 Å². The van der Waals surface area contributed by atoms with E-state index in [4.69, 9.17) is 25.2 Å². The van der Waals surface area contributed by atoms with Crippen LogP contribution in [0.4, 0.5) is 5.69 Å². The Bertz CT molecular complexity index is 1470. The summed E-state index contributed by atoms with van der Waals surface area (Å²) in [6, 6.07) is 21.4. The average molecular weight is 524 g/mol. The van der Waals surface area contributed by atoms with E-state index in [1.165, 1.54) is 0 Å². The molecule has 0 atom stereocenters. The number of amides is 1. The molecule has 33 heavy (non-hydrogen) atoms. The lowest BCUT2D eigenvalue weighted by Crippen LogP contribution is -2.10. The average Bonchev–Trinajstić information content (AvgIpc) is 3.47. The van der Waals surface area contributed by atoms with Gasteiger partial charge in [-0.25, -0.2) is 4.98 Å². The van der Waals surface area contributed by atoms with Gasteiger partial charge in [-0.15, -0.1) is 0 Å². The lowest BCUT2D eigenvalue weighted by atomic mass is 10.2. The molecule has 0 bridgehead atoms. The molecule has 6 nitrogen and oxygen atoms in total. The van der Waals surface area contributed by atoms with Crippen LogP contribution in [0.25, 0.3) is 33.9 Å². The molecule has 0 aliphatic rings. The highest BCUT2D eigenvalue weighted by Gasteiger charge is 2.15. The van der Waals surface area contributed by atoms with Gasteiger partial charge in [-0.2, -0.15) is 0 Å². The normalized spacial score (nSPS) is 11.0. The van der Waals surface area contributed by atoms with Crippen molar-refractivity contribution in [3.63, 3.8) is 0 Å². The van der Waals surface area contributed by atoms with E-state index in [1.54, 1.807) is 49.6 Å². The van der Waals surface area contributed by atoms with Crippen LogP contribution in [0, 0.1) is 0 Å². The molecule has 1 N–H and O–H groups in total. The number of rotatable bonds is 5. The molecule has 8 heteroatoms. The Kier molecular flexibility index (Phi) is 5.66. The molecule has 2 heterocycles. The number of methoxy groups -OCH3 is 1. The van der Waals surface area contributed by atoms with Crippen LogP contribution in [0.1, 0.15) is 10.6 Å². The Morgan fingerprint density at radius 1 is 0.970 bits per heavy atom. The van der Waals surface area contributed by atoms with Crippen LogP contribution in [0.2, 0.25) is 5.02 Å². The molecule has 1 amide bonds. The highest BCUT2D eigenvalue weighted by Crippen LogP contribution is 2.32. The number of carbonyl (C=O) groups excluding carboxylic acids is 1. The number of oxazole rings is 1. The third-order valence-electron chi connectivity index (χ3n) is 5.00. The zero-order valence-electron chi connectivity index (χ0n) is 17.3. The lowest BCUT2D eigenvalue weighted by molar-refractivity contribution is 0.0997. The molecule has 0 saturated carbocycles. The van der Waals surface area contributed by atoms with Gasteiger partial charge >= 0.3 is 0 Å². The summed E-state index contributed by atoms with van der Waals surface area (Å²) in [5.74, 6) is 1.60. The number of furan rings is 1. The van der Waals surface area contributed by atoms with E-state index in [0.717, 1.165) is 21.3 Å². The second-order valence-corrected chi connectivity index (χ2v) is 8.47. The summed E-state index contributed by atoms with van der Waals surface area (Å²) < 4.78 is 17.7. The number of anilines is 1. The van der Waals surface area contributed by atoms with E-state index in [2.05, 4.69) is 26.2 Å². The first-order valence-electron chi connectivity index (χ1n) is 9.92. The van der Waals surface area contributed by atoms with Gasteiger partial charge in [0.05, 0.1) is 11.6 Å². The molecule has 3 aromatic carbocycles. The lowest BCUT2D eigenvalue weighted by Gasteiger charge is -2.03. The number of ether oxygens (including phenoxy) is 1. The quantitative estimate of drug-likeness (QED) is 0.259. The Balaban J connectivity index is 1.36. The van der Waals surface area contributed by atoms with Crippen molar-refractivity contribution in [3.05, 3.63) is 88.1 Å². The summed E-state index contributed by atoms with van der Waals surface area (Å²) in [5.41, 5.74) is 3.44. The molecule has 2 aromatic heterocycles. The molecule has 164 valence electrons. The number of halogens is 2. The smallest absolute Gasteiger partial charge is 0.291 e. The molecular formula is C25H16BrClN2O4. The number of hydrogen-bond donors (Lipinski definition) is 1. The van der Waals surface area contributed by atoms with Crippen molar-refractivity contribution in [1.29, 1.82) is 0 Å². The van der Waals surface area contributed by atoms with Crippen LogP contribution in [0.15, 0.2) is 86.1 Å². The minimum atomic E-state index is -0.364. The second-order valence-electron chi connectivity index (χ2n) is 7.18. The summed E-state index contributed by atoms with van der Waals surface area (Å²) in [7, 11) is 1.61. The highest BCUT2D eigenvalue weighted by molar-refractivity contribution is 9.10. The predicted octanol–water partition coefficient (Wildman–Crippen LogP) is 7.43. The van der Waals surface area contributed by atoms with Gasteiger partial charge in [0, 0.05) is 21.8 Å². The maximum absolute atomic E-state index is 12.7. The van der Waals surface area contributed by atoms with Crippen LogP contribution < -0.4 is 10.1 Å². The third kappa shape index (κ3) is 4.37. The van der Waals surface area contributed by atoms with Crippen LogP contribution in [-0.4, -0.2) is 18.0 Å². The van der Waals surface area contributed by atoms with E-state index < -0.39 is 0 Å². The van der Waals surface area contributed by atoms with Crippen molar-refractivity contribution in [3.8, 4) is 28.5 Å². The number of fused-ring (bicyclic) bond motifs is 1. The molecule has 0 spiro atoms. The SMILES string of the molecule is COc1ccc(-c2nc3cc(NC(=O)c4ccc(-c5ccc(Cl)cc5)o4)ccc3o2)cc1Br. The van der Waals surface area contributed by atoms with Gasteiger partial charge in [-0.3, -0.25) is 4.79 Å². The van der Waals surface area contributed by atoms with E-state index in [1.807, 2.05) is 30.3 Å². The fraction of sp³-hybridized carbons (Fsp3) is 0.0400. The summed E-state index contributed by atoms with van der Waals surface area (Å²) >= 11 is 9.40. The summed E-state index contributed by atoms with van der Waals surface area (Å²) in [5, 5.41) is 3.47. The highest BCUT2D eigenvalue weighted by atomic mass is 79.9. The van der Waals surface area contributed by atoms with Crippen molar-refractivity contribution >= 4 is 50.2 Å². The summed E-state index contributed by atoms with van der Waals surface area (Å²) in [6.07, 6.45) is 0. The molecule has 0 radical (unpaired) electrons. The van der Waals surface area contributed by atoms with Gasteiger partial charge in [-0.1, -0.05) is 11.6 Å². The number of carbonyl (C=O) groups is 1.